The molecule has 5 amide bonds. The molecular formula is C41H52N6O4. The van der Waals surface area contributed by atoms with Crippen LogP contribution in [0.15, 0.2) is 66.7 Å². The number of likely N-dealkylation sites (tertiary alicyclic amines) is 3. The molecule has 3 fully saturated rings. The van der Waals surface area contributed by atoms with Gasteiger partial charge in [0.2, 0.25) is 17.7 Å². The maximum atomic E-state index is 14.0. The Balaban J connectivity index is 0.942. The van der Waals surface area contributed by atoms with Crippen LogP contribution in [-0.2, 0) is 20.8 Å². The van der Waals surface area contributed by atoms with Gasteiger partial charge >= 0.3 is 6.03 Å². The second-order valence-electron chi connectivity index (χ2n) is 15.0. The summed E-state index contributed by atoms with van der Waals surface area (Å²) in [5, 5.41) is 10.9. The third-order valence-corrected chi connectivity index (χ3v) is 11.7. The molecule has 3 aromatic rings. The van der Waals surface area contributed by atoms with Gasteiger partial charge in [-0.1, -0.05) is 55.0 Å². The van der Waals surface area contributed by atoms with E-state index in [-0.39, 0.29) is 30.1 Å². The summed E-state index contributed by atoms with van der Waals surface area (Å²) in [6.45, 7) is 4.77. The van der Waals surface area contributed by atoms with E-state index in [4.69, 9.17) is 0 Å². The van der Waals surface area contributed by atoms with Crippen LogP contribution < -0.4 is 16.0 Å². The van der Waals surface area contributed by atoms with Crippen LogP contribution in [0.3, 0.4) is 0 Å². The Morgan fingerprint density at radius 3 is 2.25 bits per heavy atom. The Bertz CT molecular complexity index is 1710. The summed E-state index contributed by atoms with van der Waals surface area (Å²) in [5.41, 5.74) is 2.74. The third kappa shape index (κ3) is 8.72. The Morgan fingerprint density at radius 1 is 0.765 bits per heavy atom. The Hall–Kier alpha value is -4.44. The lowest BCUT2D eigenvalue weighted by Gasteiger charge is -2.41. The van der Waals surface area contributed by atoms with Crippen LogP contribution in [0.25, 0.3) is 10.8 Å². The van der Waals surface area contributed by atoms with E-state index in [1.54, 1.807) is 0 Å². The van der Waals surface area contributed by atoms with E-state index in [0.717, 1.165) is 74.5 Å². The van der Waals surface area contributed by atoms with Crippen LogP contribution in [0.1, 0.15) is 69.8 Å². The van der Waals surface area contributed by atoms with Gasteiger partial charge in [0.1, 0.15) is 6.04 Å². The van der Waals surface area contributed by atoms with Crippen LogP contribution >= 0.6 is 0 Å². The van der Waals surface area contributed by atoms with E-state index in [2.05, 4.69) is 26.9 Å². The van der Waals surface area contributed by atoms with Gasteiger partial charge in [0.25, 0.3) is 0 Å². The first kappa shape index (κ1) is 35.0. The Labute approximate surface area is 301 Å². The van der Waals surface area contributed by atoms with Crippen molar-refractivity contribution in [2.75, 3.05) is 49.9 Å². The van der Waals surface area contributed by atoms with Gasteiger partial charge in [-0.3, -0.25) is 14.4 Å². The molecule has 10 nitrogen and oxygen atoms in total. The Kier molecular flexibility index (Phi) is 11.2. The van der Waals surface area contributed by atoms with E-state index >= 15 is 0 Å². The molecule has 2 atom stereocenters. The minimum atomic E-state index is -0.949. The minimum absolute atomic E-state index is 0.0249. The van der Waals surface area contributed by atoms with Gasteiger partial charge in [-0.2, -0.15) is 0 Å². The van der Waals surface area contributed by atoms with Gasteiger partial charge in [0.15, 0.2) is 0 Å². The zero-order chi connectivity index (χ0) is 35.2. The number of anilines is 2. The molecule has 4 aliphatic rings. The number of benzene rings is 3. The van der Waals surface area contributed by atoms with Crippen LogP contribution in [-0.4, -0.2) is 89.8 Å². The highest BCUT2D eigenvalue weighted by atomic mass is 16.2. The standard InChI is InChI=1S/C41H52N6O4/c48-38(46-22-16-29(17-23-46)12-13-33-26-32-10-4-5-11-36(32)43-39(33)49)28-37(40(50)47-24-18-35(19-25-47)45-20-6-1-7-21-45)44-41(51)42-34-15-14-30-8-2-3-9-31(30)27-34/h2-5,8-11,14-15,27,29,33,35,37H,1,6-7,12-13,16-26,28H2,(H,43,49)(H2,42,44,51)/t33?,37-/m0/s1. The van der Waals surface area contributed by atoms with Crippen molar-refractivity contribution < 1.29 is 19.2 Å². The van der Waals surface area contributed by atoms with Crippen molar-refractivity contribution in [3.8, 4) is 0 Å². The molecule has 0 aromatic heterocycles. The number of hydrogen-bond donors (Lipinski definition) is 3. The van der Waals surface area contributed by atoms with Crippen LogP contribution in [0.2, 0.25) is 0 Å². The smallest absolute Gasteiger partial charge is 0.319 e. The van der Waals surface area contributed by atoms with Crippen molar-refractivity contribution in [2.45, 2.75) is 82.7 Å². The summed E-state index contributed by atoms with van der Waals surface area (Å²) in [4.78, 5) is 60.1. The molecule has 1 unspecified atom stereocenters. The molecule has 0 radical (unpaired) electrons. The lowest BCUT2D eigenvalue weighted by atomic mass is 9.84. The van der Waals surface area contributed by atoms with Crippen LogP contribution in [0, 0.1) is 11.8 Å². The van der Waals surface area contributed by atoms with Crippen molar-refractivity contribution >= 4 is 45.9 Å². The maximum absolute atomic E-state index is 14.0. The summed E-state index contributed by atoms with van der Waals surface area (Å²) in [5.74, 6) is 0.233. The number of urea groups is 1. The zero-order valence-corrected chi connectivity index (χ0v) is 29.7. The molecule has 270 valence electrons. The molecule has 51 heavy (non-hydrogen) atoms. The van der Waals surface area contributed by atoms with Gasteiger partial charge in [-0.15, -0.1) is 0 Å². The molecule has 3 saturated heterocycles. The first-order valence-electron chi connectivity index (χ1n) is 19.2. The topological polar surface area (TPSA) is 114 Å². The van der Waals surface area contributed by atoms with Gasteiger partial charge in [-0.25, -0.2) is 4.79 Å². The average molecular weight is 693 g/mol. The lowest BCUT2D eigenvalue weighted by Crippen LogP contribution is -2.55. The molecule has 7 rings (SSSR count). The van der Waals surface area contributed by atoms with Gasteiger partial charge in [-0.05, 0) is 111 Å². The highest BCUT2D eigenvalue weighted by Crippen LogP contribution is 2.31. The predicted molar refractivity (Wildman–Crippen MR) is 200 cm³/mol. The second-order valence-corrected chi connectivity index (χ2v) is 15.0. The molecule has 0 bridgehead atoms. The zero-order valence-electron chi connectivity index (χ0n) is 29.7. The largest absolute Gasteiger partial charge is 0.343 e. The molecule has 0 spiro atoms. The quantitative estimate of drug-likeness (QED) is 0.254. The molecule has 3 N–H and O–H groups in total. The number of nitrogens with one attached hydrogen (secondary N) is 3. The van der Waals surface area contributed by atoms with E-state index in [1.165, 1.54) is 24.8 Å². The number of carbonyl (C=O) groups is 4. The molecule has 4 heterocycles. The molecule has 0 aliphatic carbocycles. The van der Waals surface area contributed by atoms with Crippen molar-refractivity contribution in [3.63, 3.8) is 0 Å². The van der Waals surface area contributed by atoms with E-state index in [1.807, 2.05) is 70.5 Å². The van der Waals surface area contributed by atoms with Gasteiger partial charge in [0, 0.05) is 49.5 Å². The monoisotopic (exact) mass is 692 g/mol. The second kappa shape index (κ2) is 16.3. The fourth-order valence-electron chi connectivity index (χ4n) is 8.61. The molecule has 4 aliphatic heterocycles. The van der Waals surface area contributed by atoms with Crippen molar-refractivity contribution in [3.05, 3.63) is 72.3 Å². The van der Waals surface area contributed by atoms with Crippen molar-refractivity contribution in [1.82, 2.24) is 20.0 Å². The number of amides is 5. The van der Waals surface area contributed by atoms with Crippen molar-refractivity contribution in [2.24, 2.45) is 11.8 Å². The number of fused-ring (bicyclic) bond motifs is 2. The van der Waals surface area contributed by atoms with Crippen LogP contribution in [0.4, 0.5) is 16.2 Å². The number of hydrogen-bond acceptors (Lipinski definition) is 5. The third-order valence-electron chi connectivity index (χ3n) is 11.7. The average Bonchev–Trinajstić information content (AvgIpc) is 3.17. The maximum Gasteiger partial charge on any atom is 0.319 e. The molecule has 10 heteroatoms. The van der Waals surface area contributed by atoms with E-state index in [9.17, 15) is 19.2 Å². The van der Waals surface area contributed by atoms with E-state index < -0.39 is 12.1 Å². The summed E-state index contributed by atoms with van der Waals surface area (Å²) in [6.07, 6.45) is 9.83. The fraction of sp³-hybridized carbons (Fsp3) is 0.512. The minimum Gasteiger partial charge on any atom is -0.343 e. The number of rotatable bonds is 9. The molecule has 0 saturated carbocycles. The fourth-order valence-corrected chi connectivity index (χ4v) is 8.61. The van der Waals surface area contributed by atoms with Crippen molar-refractivity contribution in [1.29, 1.82) is 0 Å². The molecular weight excluding hydrogens is 640 g/mol. The van der Waals surface area contributed by atoms with E-state index in [0.29, 0.717) is 43.8 Å². The highest BCUT2D eigenvalue weighted by molar-refractivity contribution is 5.98. The summed E-state index contributed by atoms with van der Waals surface area (Å²) < 4.78 is 0. The number of piperidine rings is 3. The summed E-state index contributed by atoms with van der Waals surface area (Å²) in [6, 6.07) is 20.7. The summed E-state index contributed by atoms with van der Waals surface area (Å²) >= 11 is 0. The number of para-hydroxylation sites is 1. The number of carbonyl (C=O) groups excluding carboxylic acids is 4. The first-order valence-corrected chi connectivity index (χ1v) is 19.2. The van der Waals surface area contributed by atoms with Crippen LogP contribution in [0.5, 0.6) is 0 Å². The summed E-state index contributed by atoms with van der Waals surface area (Å²) in [7, 11) is 0. The normalized spacial score (nSPS) is 21.1. The first-order chi connectivity index (χ1) is 24.9. The highest BCUT2D eigenvalue weighted by Gasteiger charge is 2.35. The lowest BCUT2D eigenvalue weighted by molar-refractivity contribution is -0.140. The van der Waals surface area contributed by atoms with Gasteiger partial charge in [0.05, 0.1) is 6.42 Å². The molecule has 3 aromatic carbocycles. The Morgan fingerprint density at radius 2 is 1.47 bits per heavy atom. The van der Waals surface area contributed by atoms with Gasteiger partial charge < -0.3 is 30.7 Å². The predicted octanol–water partition coefficient (Wildman–Crippen LogP) is 6.03. The number of nitrogens with zero attached hydrogens (tertiary/aromatic N) is 3. The SMILES string of the molecule is O=C(Nc1ccc2ccccc2c1)N[C@@H](CC(=O)N1CCC(CCC2Cc3ccccc3NC2=O)CC1)C(=O)N1CCC(N2CCCCC2)CC1.